The highest BCUT2D eigenvalue weighted by molar-refractivity contribution is 5.91. The van der Waals surface area contributed by atoms with Gasteiger partial charge < -0.3 is 10.1 Å². The lowest BCUT2D eigenvalue weighted by Crippen LogP contribution is -2.05. The van der Waals surface area contributed by atoms with E-state index >= 15 is 0 Å². The summed E-state index contributed by atoms with van der Waals surface area (Å²) in [6.45, 7) is -0.743. The first-order chi connectivity index (χ1) is 11.5. The van der Waals surface area contributed by atoms with Gasteiger partial charge in [-0.25, -0.2) is 9.37 Å². The fourth-order valence-corrected chi connectivity index (χ4v) is 2.36. The molecule has 1 aromatic carbocycles. The van der Waals surface area contributed by atoms with Crippen molar-refractivity contribution in [3.8, 4) is 5.75 Å². The number of para-hydroxylation sites is 1. The number of aryl methyl sites for hydroxylation is 1. The molecule has 4 nitrogen and oxygen atoms in total. The summed E-state index contributed by atoms with van der Waals surface area (Å²) in [4.78, 5) is 8.27. The normalized spacial score (nSPS) is 11.0. The van der Waals surface area contributed by atoms with Crippen molar-refractivity contribution < 1.29 is 17.9 Å². The van der Waals surface area contributed by atoms with Crippen LogP contribution in [0.3, 0.4) is 0 Å². The summed E-state index contributed by atoms with van der Waals surface area (Å²) in [6, 6.07) is 9.58. The Balaban J connectivity index is 1.79. The molecule has 0 bridgehead atoms. The molecule has 0 saturated carbocycles. The summed E-state index contributed by atoms with van der Waals surface area (Å²) in [7, 11) is 0. The zero-order valence-corrected chi connectivity index (χ0v) is 12.8. The molecule has 3 aromatic rings. The zero-order valence-electron chi connectivity index (χ0n) is 12.8. The summed E-state index contributed by atoms with van der Waals surface area (Å²) in [5, 5.41) is 3.84. The minimum atomic E-state index is -2.88. The molecule has 7 heteroatoms. The van der Waals surface area contributed by atoms with Crippen LogP contribution in [0.15, 0.2) is 42.6 Å². The van der Waals surface area contributed by atoms with Crippen LogP contribution in [0.1, 0.15) is 11.4 Å². The topological polar surface area (TPSA) is 47.0 Å². The fraction of sp³-hybridized carbons (Fsp3) is 0.176. The molecule has 0 aliphatic heterocycles. The van der Waals surface area contributed by atoms with E-state index in [0.29, 0.717) is 28.8 Å². The third-order valence-electron chi connectivity index (χ3n) is 3.40. The van der Waals surface area contributed by atoms with Crippen molar-refractivity contribution in [2.24, 2.45) is 0 Å². The van der Waals surface area contributed by atoms with Gasteiger partial charge in [-0.2, -0.15) is 8.78 Å². The molecule has 0 spiro atoms. The van der Waals surface area contributed by atoms with Crippen molar-refractivity contribution in [2.75, 3.05) is 5.32 Å². The number of benzene rings is 1. The largest absolute Gasteiger partial charge is 0.433 e. The number of hydrogen-bond donors (Lipinski definition) is 1. The van der Waals surface area contributed by atoms with Gasteiger partial charge in [0.15, 0.2) is 0 Å². The number of pyridine rings is 2. The van der Waals surface area contributed by atoms with Crippen molar-refractivity contribution >= 4 is 16.6 Å². The number of alkyl halides is 2. The molecule has 2 aromatic heterocycles. The summed E-state index contributed by atoms with van der Waals surface area (Å²) < 4.78 is 42.4. The Kier molecular flexibility index (Phi) is 4.50. The van der Waals surface area contributed by atoms with Crippen LogP contribution in [-0.4, -0.2) is 16.6 Å². The predicted octanol–water partition coefficient (Wildman–Crippen LogP) is 4.29. The van der Waals surface area contributed by atoms with Crippen molar-refractivity contribution in [1.82, 2.24) is 9.97 Å². The maximum absolute atomic E-state index is 13.9. The molecule has 1 N–H and O–H groups in total. The van der Waals surface area contributed by atoms with Crippen LogP contribution in [0.2, 0.25) is 0 Å². The molecule has 124 valence electrons. The maximum atomic E-state index is 13.9. The van der Waals surface area contributed by atoms with Gasteiger partial charge in [0.05, 0.1) is 18.4 Å². The van der Waals surface area contributed by atoms with Gasteiger partial charge >= 0.3 is 6.61 Å². The van der Waals surface area contributed by atoms with Crippen LogP contribution in [0, 0.1) is 12.7 Å². The lowest BCUT2D eigenvalue weighted by atomic mass is 10.1. The summed E-state index contributed by atoms with van der Waals surface area (Å²) >= 11 is 0. The van der Waals surface area contributed by atoms with Crippen molar-refractivity contribution in [3.05, 3.63) is 59.8 Å². The van der Waals surface area contributed by atoms with Gasteiger partial charge in [-0.3, -0.25) is 4.98 Å². The monoisotopic (exact) mass is 333 g/mol. The summed E-state index contributed by atoms with van der Waals surface area (Å²) in [6.07, 6.45) is 1.23. The van der Waals surface area contributed by atoms with Crippen molar-refractivity contribution in [3.63, 3.8) is 0 Å². The Morgan fingerprint density at radius 3 is 2.75 bits per heavy atom. The number of anilines is 1. The van der Waals surface area contributed by atoms with Crippen LogP contribution in [0.4, 0.5) is 18.9 Å². The number of nitrogens with zero attached hydrogens (tertiary/aromatic N) is 2. The van der Waals surface area contributed by atoms with Gasteiger partial charge in [-0.1, -0.05) is 12.1 Å². The van der Waals surface area contributed by atoms with E-state index in [-0.39, 0.29) is 11.6 Å². The van der Waals surface area contributed by atoms with Gasteiger partial charge in [0.1, 0.15) is 17.1 Å². The van der Waals surface area contributed by atoms with Gasteiger partial charge in [0.25, 0.3) is 0 Å². The van der Waals surface area contributed by atoms with Crippen LogP contribution < -0.4 is 10.1 Å². The average Bonchev–Trinajstić information content (AvgIpc) is 2.54. The Hall–Kier alpha value is -2.83. The SMILES string of the molecule is Cc1cc(NCc2ccc(OC(F)F)cn2)c2cccc(F)c2n1. The van der Waals surface area contributed by atoms with Gasteiger partial charge in [0, 0.05) is 16.8 Å². The molecule has 0 amide bonds. The predicted molar refractivity (Wildman–Crippen MR) is 84.6 cm³/mol. The number of hydrogen-bond acceptors (Lipinski definition) is 4. The lowest BCUT2D eigenvalue weighted by molar-refractivity contribution is -0.0500. The summed E-state index contributed by atoms with van der Waals surface area (Å²) in [5.41, 5.74) is 2.35. The molecular formula is C17H14F3N3O. The molecule has 0 radical (unpaired) electrons. The molecule has 0 aliphatic carbocycles. The van der Waals surface area contributed by atoms with E-state index in [4.69, 9.17) is 0 Å². The van der Waals surface area contributed by atoms with Crippen LogP contribution in [0.5, 0.6) is 5.75 Å². The van der Waals surface area contributed by atoms with Crippen LogP contribution in [0.25, 0.3) is 10.9 Å². The second-order valence-electron chi connectivity index (χ2n) is 5.16. The molecule has 0 aliphatic rings. The van der Waals surface area contributed by atoms with Crippen molar-refractivity contribution in [2.45, 2.75) is 20.1 Å². The highest BCUT2D eigenvalue weighted by atomic mass is 19.3. The molecule has 2 heterocycles. The molecule has 0 unspecified atom stereocenters. The fourth-order valence-electron chi connectivity index (χ4n) is 2.36. The van der Waals surface area contributed by atoms with Crippen molar-refractivity contribution in [1.29, 1.82) is 0 Å². The first kappa shape index (κ1) is 16.0. The summed E-state index contributed by atoms with van der Waals surface area (Å²) in [5.74, 6) is -0.382. The number of nitrogens with one attached hydrogen (secondary N) is 1. The quantitative estimate of drug-likeness (QED) is 0.757. The van der Waals surface area contributed by atoms with E-state index in [2.05, 4.69) is 20.0 Å². The van der Waals surface area contributed by atoms with E-state index in [0.717, 1.165) is 5.69 Å². The minimum absolute atomic E-state index is 0.000950. The second-order valence-corrected chi connectivity index (χ2v) is 5.16. The molecule has 0 atom stereocenters. The van der Waals surface area contributed by atoms with Crippen LogP contribution >= 0.6 is 0 Å². The van der Waals surface area contributed by atoms with Gasteiger partial charge in [0.2, 0.25) is 0 Å². The molecule has 3 rings (SSSR count). The lowest BCUT2D eigenvalue weighted by Gasteiger charge is -2.11. The highest BCUT2D eigenvalue weighted by Gasteiger charge is 2.08. The van der Waals surface area contributed by atoms with Crippen LogP contribution in [-0.2, 0) is 6.54 Å². The number of aromatic nitrogens is 2. The van der Waals surface area contributed by atoms with E-state index in [9.17, 15) is 13.2 Å². The van der Waals surface area contributed by atoms with E-state index < -0.39 is 6.61 Å². The molecule has 0 saturated heterocycles. The Morgan fingerprint density at radius 1 is 1.21 bits per heavy atom. The third-order valence-corrected chi connectivity index (χ3v) is 3.40. The number of halogens is 3. The molecule has 24 heavy (non-hydrogen) atoms. The van der Waals surface area contributed by atoms with E-state index in [1.165, 1.54) is 18.3 Å². The maximum Gasteiger partial charge on any atom is 0.387 e. The second kappa shape index (κ2) is 6.74. The number of fused-ring (bicyclic) bond motifs is 1. The smallest absolute Gasteiger partial charge is 0.387 e. The molecule has 0 fully saturated rings. The standard InChI is InChI=1S/C17H14F3N3O/c1-10-7-15(13-3-2-4-14(18)16(13)23-10)22-8-11-5-6-12(9-21-11)24-17(19)20/h2-7,9,17H,8H2,1H3,(H,22,23). The first-order valence-corrected chi connectivity index (χ1v) is 7.22. The third kappa shape index (κ3) is 3.56. The minimum Gasteiger partial charge on any atom is -0.433 e. The van der Waals surface area contributed by atoms with E-state index in [1.807, 2.05) is 6.07 Å². The Morgan fingerprint density at radius 2 is 2.04 bits per heavy atom. The highest BCUT2D eigenvalue weighted by Crippen LogP contribution is 2.25. The van der Waals surface area contributed by atoms with Gasteiger partial charge in [-0.15, -0.1) is 0 Å². The number of rotatable bonds is 5. The zero-order chi connectivity index (χ0) is 17.1. The Bertz CT molecular complexity index is 854. The number of ether oxygens (including phenoxy) is 1. The van der Waals surface area contributed by atoms with Gasteiger partial charge in [-0.05, 0) is 31.2 Å². The molecular weight excluding hydrogens is 319 g/mol. The Labute approximate surface area is 136 Å². The first-order valence-electron chi connectivity index (χ1n) is 7.22. The average molecular weight is 333 g/mol. The van der Waals surface area contributed by atoms with E-state index in [1.54, 1.807) is 25.1 Å².